The number of hydrogen-bond acceptors (Lipinski definition) is 2. The lowest BCUT2D eigenvalue weighted by atomic mass is 10.2. The Bertz CT molecular complexity index is 447. The number of carbonyl (C=O) groups excluding carboxylic acids is 2. The molecule has 98 valence electrons. The van der Waals surface area contributed by atoms with Crippen molar-refractivity contribution in [3.05, 3.63) is 28.8 Å². The lowest BCUT2D eigenvalue weighted by molar-refractivity contribution is -0.124. The van der Waals surface area contributed by atoms with Gasteiger partial charge in [0.25, 0.3) is 0 Å². The van der Waals surface area contributed by atoms with Gasteiger partial charge in [0.2, 0.25) is 11.8 Å². The molecule has 1 aromatic rings. The van der Waals surface area contributed by atoms with Crippen molar-refractivity contribution in [3.8, 4) is 0 Å². The molecule has 0 aliphatic carbocycles. The molecule has 0 fully saturated rings. The molecule has 5 heteroatoms. The molecule has 0 aromatic heterocycles. The maximum atomic E-state index is 11.6. The van der Waals surface area contributed by atoms with Crippen LogP contribution in [0.2, 0.25) is 5.02 Å². The van der Waals surface area contributed by atoms with Crippen LogP contribution in [0.5, 0.6) is 0 Å². The average Bonchev–Trinajstić information content (AvgIpc) is 2.31. The molecule has 2 amide bonds. The first kappa shape index (κ1) is 14.5. The number of anilines is 1. The molecule has 0 bridgehead atoms. The van der Waals surface area contributed by atoms with Gasteiger partial charge >= 0.3 is 0 Å². The average molecular weight is 269 g/mol. The normalized spacial score (nSPS) is 9.94. The number of aryl methyl sites for hydroxylation is 1. The Morgan fingerprint density at radius 1 is 1.28 bits per heavy atom. The van der Waals surface area contributed by atoms with Crippen LogP contribution >= 0.6 is 11.6 Å². The van der Waals surface area contributed by atoms with Crippen LogP contribution in [0.25, 0.3) is 0 Å². The van der Waals surface area contributed by atoms with Gasteiger partial charge in [-0.2, -0.15) is 0 Å². The summed E-state index contributed by atoms with van der Waals surface area (Å²) in [6.45, 7) is 3.76. The van der Waals surface area contributed by atoms with Crippen molar-refractivity contribution >= 4 is 29.1 Å². The molecule has 0 radical (unpaired) electrons. The van der Waals surface area contributed by atoms with E-state index in [4.69, 9.17) is 11.6 Å². The van der Waals surface area contributed by atoms with E-state index in [9.17, 15) is 9.59 Å². The first-order valence-electron chi connectivity index (χ1n) is 5.85. The van der Waals surface area contributed by atoms with E-state index in [1.54, 1.807) is 18.2 Å². The zero-order chi connectivity index (χ0) is 13.5. The number of amides is 2. The monoisotopic (exact) mass is 268 g/mol. The van der Waals surface area contributed by atoms with Gasteiger partial charge < -0.3 is 10.6 Å². The summed E-state index contributed by atoms with van der Waals surface area (Å²) in [6, 6.07) is 5.22. The van der Waals surface area contributed by atoms with Gasteiger partial charge in [0.05, 0.1) is 6.54 Å². The number of benzene rings is 1. The Morgan fingerprint density at radius 2 is 2.00 bits per heavy atom. The highest BCUT2D eigenvalue weighted by atomic mass is 35.5. The zero-order valence-corrected chi connectivity index (χ0v) is 11.3. The van der Waals surface area contributed by atoms with Crippen LogP contribution in [0.3, 0.4) is 0 Å². The number of halogens is 1. The fourth-order valence-electron chi connectivity index (χ4n) is 1.46. The van der Waals surface area contributed by atoms with Gasteiger partial charge in [-0.25, -0.2) is 0 Å². The fraction of sp³-hybridized carbons (Fsp3) is 0.385. The number of nitrogens with one attached hydrogen (secondary N) is 2. The summed E-state index contributed by atoms with van der Waals surface area (Å²) in [6.07, 6.45) is 1.21. The molecule has 0 saturated heterocycles. The summed E-state index contributed by atoms with van der Waals surface area (Å²) in [5.74, 6) is -0.356. The Morgan fingerprint density at radius 3 is 2.61 bits per heavy atom. The van der Waals surface area contributed by atoms with Gasteiger partial charge in [-0.3, -0.25) is 9.59 Å². The molecule has 1 aromatic carbocycles. The molecule has 2 N–H and O–H groups in total. The molecule has 0 saturated carbocycles. The molecule has 0 heterocycles. The number of hydrogen-bond donors (Lipinski definition) is 2. The van der Waals surface area contributed by atoms with Gasteiger partial charge in [0.1, 0.15) is 0 Å². The summed E-state index contributed by atoms with van der Waals surface area (Å²) in [7, 11) is 0. The van der Waals surface area contributed by atoms with E-state index >= 15 is 0 Å². The van der Waals surface area contributed by atoms with Crippen LogP contribution in [0.15, 0.2) is 18.2 Å². The van der Waals surface area contributed by atoms with E-state index in [2.05, 4.69) is 10.6 Å². The maximum Gasteiger partial charge on any atom is 0.243 e. The van der Waals surface area contributed by atoms with E-state index in [0.29, 0.717) is 17.1 Å². The molecule has 18 heavy (non-hydrogen) atoms. The molecule has 0 aliphatic heterocycles. The summed E-state index contributed by atoms with van der Waals surface area (Å²) in [5.41, 5.74) is 1.59. The SMILES string of the molecule is CCCC(=O)NCC(=O)Nc1ccc(Cl)cc1C. The highest BCUT2D eigenvalue weighted by Gasteiger charge is 2.06. The minimum Gasteiger partial charge on any atom is -0.347 e. The summed E-state index contributed by atoms with van der Waals surface area (Å²) < 4.78 is 0. The molecule has 0 unspecified atom stereocenters. The fourth-order valence-corrected chi connectivity index (χ4v) is 1.68. The third kappa shape index (κ3) is 4.75. The Balaban J connectivity index is 2.47. The summed E-state index contributed by atoms with van der Waals surface area (Å²) in [4.78, 5) is 22.8. The van der Waals surface area contributed by atoms with Crippen molar-refractivity contribution in [2.75, 3.05) is 11.9 Å². The topological polar surface area (TPSA) is 58.2 Å². The van der Waals surface area contributed by atoms with E-state index in [1.807, 2.05) is 13.8 Å². The first-order valence-corrected chi connectivity index (χ1v) is 6.23. The second-order valence-electron chi connectivity index (χ2n) is 4.03. The van der Waals surface area contributed by atoms with Crippen LogP contribution in [0.1, 0.15) is 25.3 Å². The third-order valence-electron chi connectivity index (χ3n) is 2.39. The quantitative estimate of drug-likeness (QED) is 0.862. The highest BCUT2D eigenvalue weighted by molar-refractivity contribution is 6.30. The van der Waals surface area contributed by atoms with Crippen molar-refractivity contribution in [2.24, 2.45) is 0 Å². The van der Waals surface area contributed by atoms with Crippen molar-refractivity contribution in [3.63, 3.8) is 0 Å². The standard InChI is InChI=1S/C13H17ClN2O2/c1-3-4-12(17)15-8-13(18)16-11-6-5-10(14)7-9(11)2/h5-7H,3-4,8H2,1-2H3,(H,15,17)(H,16,18). The lowest BCUT2D eigenvalue weighted by Crippen LogP contribution is -2.32. The molecule has 0 spiro atoms. The lowest BCUT2D eigenvalue weighted by Gasteiger charge is -2.09. The van der Waals surface area contributed by atoms with E-state index in [-0.39, 0.29) is 18.4 Å². The highest BCUT2D eigenvalue weighted by Crippen LogP contribution is 2.19. The molecular weight excluding hydrogens is 252 g/mol. The molecular formula is C13H17ClN2O2. The number of carbonyl (C=O) groups is 2. The summed E-state index contributed by atoms with van der Waals surface area (Å²) >= 11 is 5.82. The summed E-state index contributed by atoms with van der Waals surface area (Å²) in [5, 5.41) is 5.91. The van der Waals surface area contributed by atoms with Gasteiger partial charge in [0, 0.05) is 17.1 Å². The van der Waals surface area contributed by atoms with Crippen molar-refractivity contribution in [2.45, 2.75) is 26.7 Å². The molecule has 0 aliphatic rings. The third-order valence-corrected chi connectivity index (χ3v) is 2.62. The van der Waals surface area contributed by atoms with Crippen molar-refractivity contribution in [1.82, 2.24) is 5.32 Å². The first-order chi connectivity index (χ1) is 8.52. The maximum absolute atomic E-state index is 11.6. The van der Waals surface area contributed by atoms with E-state index in [1.165, 1.54) is 0 Å². The predicted molar refractivity (Wildman–Crippen MR) is 72.7 cm³/mol. The number of rotatable bonds is 5. The smallest absolute Gasteiger partial charge is 0.243 e. The van der Waals surface area contributed by atoms with Gasteiger partial charge in [-0.1, -0.05) is 18.5 Å². The largest absolute Gasteiger partial charge is 0.347 e. The van der Waals surface area contributed by atoms with Gasteiger partial charge in [-0.15, -0.1) is 0 Å². The molecule has 4 nitrogen and oxygen atoms in total. The molecule has 0 atom stereocenters. The van der Waals surface area contributed by atoms with Crippen LogP contribution in [-0.2, 0) is 9.59 Å². The van der Waals surface area contributed by atoms with Crippen molar-refractivity contribution in [1.29, 1.82) is 0 Å². The van der Waals surface area contributed by atoms with Crippen LogP contribution in [-0.4, -0.2) is 18.4 Å². The van der Waals surface area contributed by atoms with Crippen LogP contribution in [0, 0.1) is 6.92 Å². The molecule has 1 rings (SSSR count). The predicted octanol–water partition coefficient (Wildman–Crippen LogP) is 2.50. The zero-order valence-electron chi connectivity index (χ0n) is 10.5. The van der Waals surface area contributed by atoms with Crippen molar-refractivity contribution < 1.29 is 9.59 Å². The van der Waals surface area contributed by atoms with Gasteiger partial charge in [0.15, 0.2) is 0 Å². The van der Waals surface area contributed by atoms with E-state index in [0.717, 1.165) is 12.0 Å². The Kier molecular flexibility index (Phi) is 5.65. The van der Waals surface area contributed by atoms with Crippen LogP contribution in [0.4, 0.5) is 5.69 Å². The van der Waals surface area contributed by atoms with Crippen LogP contribution < -0.4 is 10.6 Å². The minimum absolute atomic E-state index is 0.0130. The Hall–Kier alpha value is -1.55. The second-order valence-corrected chi connectivity index (χ2v) is 4.47. The minimum atomic E-state index is -0.245. The van der Waals surface area contributed by atoms with E-state index < -0.39 is 0 Å². The Labute approximate surface area is 112 Å². The van der Waals surface area contributed by atoms with Gasteiger partial charge in [-0.05, 0) is 37.1 Å². The second kappa shape index (κ2) is 7.01.